The molecule has 2 aromatic rings. The largest absolute Gasteiger partial charge is 0.393 e. The van der Waals surface area contributed by atoms with Gasteiger partial charge in [-0.25, -0.2) is 0 Å². The van der Waals surface area contributed by atoms with E-state index in [2.05, 4.69) is 15.2 Å². The number of rotatable bonds is 3. The lowest BCUT2D eigenvalue weighted by atomic mass is 10.0. The van der Waals surface area contributed by atoms with E-state index in [-0.39, 0.29) is 17.6 Å². The van der Waals surface area contributed by atoms with Crippen LogP contribution in [-0.2, 0) is 6.67 Å². The SMILES string of the molecule is CC(O)C1CCN(Cn2nnc3ccccc3c2=O)C1. The van der Waals surface area contributed by atoms with Crippen molar-refractivity contribution >= 4 is 10.9 Å². The topological polar surface area (TPSA) is 71.2 Å². The Balaban J connectivity index is 1.82. The minimum Gasteiger partial charge on any atom is -0.393 e. The van der Waals surface area contributed by atoms with E-state index in [9.17, 15) is 9.90 Å². The Hall–Kier alpha value is -1.79. The number of hydrogen-bond donors (Lipinski definition) is 1. The van der Waals surface area contributed by atoms with Crippen molar-refractivity contribution in [2.24, 2.45) is 5.92 Å². The molecule has 0 radical (unpaired) electrons. The van der Waals surface area contributed by atoms with E-state index in [1.807, 2.05) is 19.1 Å². The van der Waals surface area contributed by atoms with E-state index in [0.29, 0.717) is 17.6 Å². The quantitative estimate of drug-likeness (QED) is 0.880. The van der Waals surface area contributed by atoms with Crippen molar-refractivity contribution in [2.45, 2.75) is 26.1 Å². The Bertz CT molecular complexity index is 668. The van der Waals surface area contributed by atoms with E-state index in [4.69, 9.17) is 0 Å². The highest BCUT2D eigenvalue weighted by molar-refractivity contribution is 5.76. The number of fused-ring (bicyclic) bond motifs is 1. The molecule has 1 saturated heterocycles. The van der Waals surface area contributed by atoms with Crippen molar-refractivity contribution in [1.29, 1.82) is 0 Å². The molecule has 2 atom stereocenters. The average molecular weight is 274 g/mol. The van der Waals surface area contributed by atoms with Crippen molar-refractivity contribution in [3.05, 3.63) is 34.6 Å². The molecule has 0 saturated carbocycles. The van der Waals surface area contributed by atoms with Crippen molar-refractivity contribution < 1.29 is 5.11 Å². The van der Waals surface area contributed by atoms with Gasteiger partial charge in [0.05, 0.1) is 18.2 Å². The number of benzene rings is 1. The van der Waals surface area contributed by atoms with Crippen LogP contribution in [0.2, 0.25) is 0 Å². The summed E-state index contributed by atoms with van der Waals surface area (Å²) >= 11 is 0. The normalized spacial score (nSPS) is 21.4. The fourth-order valence-electron chi connectivity index (χ4n) is 2.69. The summed E-state index contributed by atoms with van der Waals surface area (Å²) in [4.78, 5) is 14.4. The maximum absolute atomic E-state index is 12.3. The van der Waals surface area contributed by atoms with Gasteiger partial charge in [0.2, 0.25) is 0 Å². The molecular formula is C14H18N4O2. The number of nitrogens with zero attached hydrogens (tertiary/aromatic N) is 4. The monoisotopic (exact) mass is 274 g/mol. The first-order valence-electron chi connectivity index (χ1n) is 6.88. The third-order valence-corrected chi connectivity index (χ3v) is 3.95. The molecule has 0 bridgehead atoms. The summed E-state index contributed by atoms with van der Waals surface area (Å²) in [6.07, 6.45) is 0.646. The Morgan fingerprint density at radius 3 is 3.00 bits per heavy atom. The summed E-state index contributed by atoms with van der Waals surface area (Å²) in [6.45, 7) is 3.91. The minimum absolute atomic E-state index is 0.115. The van der Waals surface area contributed by atoms with Crippen LogP contribution in [0.1, 0.15) is 13.3 Å². The van der Waals surface area contributed by atoms with Crippen molar-refractivity contribution in [3.8, 4) is 0 Å². The fourth-order valence-corrected chi connectivity index (χ4v) is 2.69. The smallest absolute Gasteiger partial charge is 0.278 e. The maximum atomic E-state index is 12.3. The first-order valence-corrected chi connectivity index (χ1v) is 6.88. The van der Waals surface area contributed by atoms with Crippen LogP contribution >= 0.6 is 0 Å². The molecule has 0 spiro atoms. The lowest BCUT2D eigenvalue weighted by molar-refractivity contribution is 0.122. The molecule has 1 aliphatic heterocycles. The maximum Gasteiger partial charge on any atom is 0.278 e. The van der Waals surface area contributed by atoms with E-state index in [1.165, 1.54) is 4.68 Å². The second-order valence-corrected chi connectivity index (χ2v) is 5.42. The third-order valence-electron chi connectivity index (χ3n) is 3.95. The molecule has 2 heterocycles. The van der Waals surface area contributed by atoms with Gasteiger partial charge in [0.1, 0.15) is 5.52 Å². The molecule has 0 aliphatic carbocycles. The van der Waals surface area contributed by atoms with Crippen molar-refractivity contribution in [3.63, 3.8) is 0 Å². The molecule has 2 unspecified atom stereocenters. The molecule has 1 aromatic heterocycles. The minimum atomic E-state index is -0.306. The lowest BCUT2D eigenvalue weighted by Crippen LogP contribution is -2.34. The third kappa shape index (κ3) is 2.44. The van der Waals surface area contributed by atoms with Gasteiger partial charge in [0.25, 0.3) is 5.56 Å². The van der Waals surface area contributed by atoms with Gasteiger partial charge >= 0.3 is 0 Å². The molecule has 20 heavy (non-hydrogen) atoms. The van der Waals surface area contributed by atoms with E-state index >= 15 is 0 Å². The second kappa shape index (κ2) is 5.30. The van der Waals surface area contributed by atoms with E-state index < -0.39 is 0 Å². The molecule has 0 amide bonds. The summed E-state index contributed by atoms with van der Waals surface area (Å²) in [5.41, 5.74) is 0.508. The molecule has 1 aliphatic rings. The number of aliphatic hydroxyl groups excluding tert-OH is 1. The first-order chi connectivity index (χ1) is 9.65. The van der Waals surface area contributed by atoms with Crippen LogP contribution in [0.25, 0.3) is 10.9 Å². The summed E-state index contributed by atoms with van der Waals surface area (Å²) in [7, 11) is 0. The number of aliphatic hydroxyl groups is 1. The summed E-state index contributed by atoms with van der Waals surface area (Å²) < 4.78 is 1.40. The second-order valence-electron chi connectivity index (χ2n) is 5.42. The summed E-state index contributed by atoms with van der Waals surface area (Å²) in [5.74, 6) is 0.277. The summed E-state index contributed by atoms with van der Waals surface area (Å²) in [5, 5.41) is 18.3. The van der Waals surface area contributed by atoms with Gasteiger partial charge in [0.15, 0.2) is 0 Å². The zero-order valence-corrected chi connectivity index (χ0v) is 11.4. The molecular weight excluding hydrogens is 256 g/mol. The van der Waals surface area contributed by atoms with Gasteiger partial charge in [-0.05, 0) is 31.4 Å². The van der Waals surface area contributed by atoms with Crippen LogP contribution in [0.3, 0.4) is 0 Å². The van der Waals surface area contributed by atoms with Crippen LogP contribution in [0.5, 0.6) is 0 Å². The van der Waals surface area contributed by atoms with E-state index in [1.54, 1.807) is 12.1 Å². The van der Waals surface area contributed by atoms with Crippen LogP contribution in [-0.4, -0.2) is 44.2 Å². The van der Waals surface area contributed by atoms with E-state index in [0.717, 1.165) is 19.5 Å². The molecule has 106 valence electrons. The Morgan fingerprint density at radius 1 is 1.45 bits per heavy atom. The molecule has 1 N–H and O–H groups in total. The van der Waals surface area contributed by atoms with Crippen LogP contribution < -0.4 is 5.56 Å². The molecule has 6 heteroatoms. The zero-order chi connectivity index (χ0) is 14.1. The number of aromatic nitrogens is 3. The Kier molecular flexibility index (Phi) is 3.50. The van der Waals surface area contributed by atoms with Gasteiger partial charge in [-0.2, -0.15) is 4.68 Å². The van der Waals surface area contributed by atoms with Gasteiger partial charge in [-0.1, -0.05) is 17.3 Å². The zero-order valence-electron chi connectivity index (χ0n) is 11.4. The predicted molar refractivity (Wildman–Crippen MR) is 75.2 cm³/mol. The van der Waals surface area contributed by atoms with Crippen LogP contribution in [0, 0.1) is 5.92 Å². The highest BCUT2D eigenvalue weighted by atomic mass is 16.3. The molecule has 1 fully saturated rings. The number of hydrogen-bond acceptors (Lipinski definition) is 5. The Labute approximate surface area is 116 Å². The highest BCUT2D eigenvalue weighted by Gasteiger charge is 2.26. The van der Waals surface area contributed by atoms with Crippen molar-refractivity contribution in [1.82, 2.24) is 19.9 Å². The van der Waals surface area contributed by atoms with Crippen LogP contribution in [0.15, 0.2) is 29.1 Å². The standard InChI is InChI=1S/C14H18N4O2/c1-10(19)11-6-7-17(8-11)9-18-14(20)12-4-2-3-5-13(12)15-16-18/h2-5,10-11,19H,6-9H2,1H3. The molecule has 1 aromatic carbocycles. The summed E-state index contributed by atoms with van der Waals surface area (Å²) in [6, 6.07) is 7.22. The van der Waals surface area contributed by atoms with Crippen LogP contribution in [0.4, 0.5) is 0 Å². The first kappa shape index (κ1) is 13.2. The van der Waals surface area contributed by atoms with Gasteiger partial charge in [-0.3, -0.25) is 9.69 Å². The predicted octanol–water partition coefficient (Wildman–Crippen LogP) is 0.452. The lowest BCUT2D eigenvalue weighted by Gasteiger charge is -2.17. The molecule has 3 rings (SSSR count). The fraction of sp³-hybridized carbons (Fsp3) is 0.500. The van der Waals surface area contributed by atoms with Crippen molar-refractivity contribution in [2.75, 3.05) is 13.1 Å². The highest BCUT2D eigenvalue weighted by Crippen LogP contribution is 2.19. The average Bonchev–Trinajstić information content (AvgIpc) is 2.91. The Morgan fingerprint density at radius 2 is 2.25 bits per heavy atom. The van der Waals surface area contributed by atoms with Gasteiger partial charge < -0.3 is 5.11 Å². The van der Waals surface area contributed by atoms with Gasteiger partial charge in [0, 0.05) is 13.1 Å². The number of likely N-dealkylation sites (tertiary alicyclic amines) is 1. The molecule has 6 nitrogen and oxygen atoms in total. The van der Waals surface area contributed by atoms with Gasteiger partial charge in [-0.15, -0.1) is 5.10 Å².